The Morgan fingerprint density at radius 1 is 1.04 bits per heavy atom. The number of aromatic amines is 1. The van der Waals surface area contributed by atoms with Crippen molar-refractivity contribution in [2.24, 2.45) is 5.92 Å². The average molecular weight is 688 g/mol. The van der Waals surface area contributed by atoms with Gasteiger partial charge in [0.15, 0.2) is 11.5 Å². The van der Waals surface area contributed by atoms with Gasteiger partial charge in [0.05, 0.1) is 44.1 Å². The first-order valence-electron chi connectivity index (χ1n) is 16.4. The van der Waals surface area contributed by atoms with E-state index < -0.39 is 12.1 Å². The zero-order valence-corrected chi connectivity index (χ0v) is 29.9. The lowest BCUT2D eigenvalue weighted by Crippen LogP contribution is -2.36. The fraction of sp³-hybridized carbons (Fsp3) is 0.405. The Balaban J connectivity index is 1.53. The fourth-order valence-electron chi connectivity index (χ4n) is 6.37. The first-order valence-corrected chi connectivity index (χ1v) is 17.8. The molecule has 0 radical (unpaired) electrons. The molecule has 260 valence electrons. The van der Waals surface area contributed by atoms with Crippen LogP contribution in [0.1, 0.15) is 56.6 Å². The molecule has 0 spiro atoms. The first kappa shape index (κ1) is 35.6. The third-order valence-electron chi connectivity index (χ3n) is 8.57. The number of carbonyl (C=O) groups is 2. The summed E-state index contributed by atoms with van der Waals surface area (Å²) in [5.74, 6) is 3.02. The predicted octanol–water partition coefficient (Wildman–Crippen LogP) is 6.11. The quantitative estimate of drug-likeness (QED) is 0.131. The number of amides is 2. The van der Waals surface area contributed by atoms with Crippen LogP contribution in [-0.2, 0) is 22.4 Å². The number of anilines is 2. The van der Waals surface area contributed by atoms with Gasteiger partial charge < -0.3 is 35.1 Å². The highest BCUT2D eigenvalue weighted by molar-refractivity contribution is 7.98. The van der Waals surface area contributed by atoms with Crippen molar-refractivity contribution in [3.63, 3.8) is 0 Å². The van der Waals surface area contributed by atoms with Gasteiger partial charge >= 0.3 is 0 Å². The minimum absolute atomic E-state index is 0.209. The maximum Gasteiger partial charge on any atom is 0.246 e. The lowest BCUT2D eigenvalue weighted by Gasteiger charge is -2.19. The highest BCUT2D eigenvalue weighted by Crippen LogP contribution is 2.50. The minimum Gasteiger partial charge on any atom is -0.493 e. The van der Waals surface area contributed by atoms with Crippen LogP contribution in [0.3, 0.4) is 0 Å². The molecular weight excluding hydrogens is 643 g/mol. The molecule has 4 aromatic rings. The number of carbonyl (C=O) groups excluding carboxylic acids is 2. The number of aryl methyl sites for hydroxylation is 1. The van der Waals surface area contributed by atoms with Gasteiger partial charge in [-0.3, -0.25) is 14.4 Å². The SMILES string of the molecule is COc1cc2c(c(OC)c1OC)-c1ccc(N[C@@H](CCSC)C(=O)Nc3ccc4nc(CC(C)C)[nH]c4c3)c(=O)cc1[C@H](NC(C)=O)CC2. The Morgan fingerprint density at radius 2 is 1.82 bits per heavy atom. The van der Waals surface area contributed by atoms with Crippen molar-refractivity contribution in [3.8, 4) is 28.4 Å². The van der Waals surface area contributed by atoms with Gasteiger partial charge in [-0.2, -0.15) is 11.8 Å². The van der Waals surface area contributed by atoms with Crippen LogP contribution in [-0.4, -0.2) is 61.2 Å². The van der Waals surface area contributed by atoms with E-state index in [-0.39, 0.29) is 22.9 Å². The number of methoxy groups -OCH3 is 3. The lowest BCUT2D eigenvalue weighted by molar-refractivity contribution is -0.120. The molecule has 0 unspecified atom stereocenters. The van der Waals surface area contributed by atoms with E-state index in [9.17, 15) is 14.4 Å². The lowest BCUT2D eigenvalue weighted by atomic mass is 9.95. The third-order valence-corrected chi connectivity index (χ3v) is 9.22. The van der Waals surface area contributed by atoms with Crippen molar-refractivity contribution in [3.05, 3.63) is 69.6 Å². The van der Waals surface area contributed by atoms with E-state index in [2.05, 4.69) is 39.8 Å². The molecule has 1 aromatic heterocycles. The molecule has 2 amide bonds. The molecule has 0 bridgehead atoms. The van der Waals surface area contributed by atoms with Crippen molar-refractivity contribution in [2.75, 3.05) is 44.0 Å². The molecular formula is C37H45N5O6S. The molecule has 2 atom stereocenters. The van der Waals surface area contributed by atoms with Crippen LogP contribution in [0.2, 0.25) is 0 Å². The Hall–Kier alpha value is -4.71. The number of rotatable bonds is 13. The Morgan fingerprint density at radius 3 is 2.49 bits per heavy atom. The zero-order chi connectivity index (χ0) is 35.2. The molecule has 0 saturated carbocycles. The number of benzene rings is 2. The fourth-order valence-corrected chi connectivity index (χ4v) is 6.84. The second kappa shape index (κ2) is 15.7. The molecule has 4 N–H and O–H groups in total. The minimum atomic E-state index is -0.700. The zero-order valence-electron chi connectivity index (χ0n) is 29.1. The van der Waals surface area contributed by atoms with Gasteiger partial charge in [0, 0.05) is 24.6 Å². The van der Waals surface area contributed by atoms with Crippen LogP contribution < -0.4 is 35.6 Å². The molecule has 0 saturated heterocycles. The van der Waals surface area contributed by atoms with E-state index in [4.69, 9.17) is 14.2 Å². The Labute approximate surface area is 290 Å². The summed E-state index contributed by atoms with van der Waals surface area (Å²) < 4.78 is 17.2. The predicted molar refractivity (Wildman–Crippen MR) is 196 cm³/mol. The van der Waals surface area contributed by atoms with Gasteiger partial charge in [-0.1, -0.05) is 19.9 Å². The number of nitrogens with zero attached hydrogens (tertiary/aromatic N) is 1. The summed E-state index contributed by atoms with van der Waals surface area (Å²) >= 11 is 1.62. The Bertz CT molecular complexity index is 1910. The molecule has 1 aliphatic rings. The standard InChI is InChI=1S/C37H45N5O6S/c1-20(2)16-33-41-27-12-9-23(18-30(27)42-33)39-37(45)29(14-15-49-7)40-28-13-10-24-25(19-31(28)44)26(38-21(3)43)11-8-22-17-32(46-4)35(47-5)36(48-6)34(22)24/h9-10,12-13,17-20,26,29H,8,11,14-16H2,1-7H3,(H,38,43)(H,39,45)(H,40,44)(H,41,42)/t26-,29+/m1/s1. The molecule has 0 aliphatic heterocycles. The average Bonchev–Trinajstić information content (AvgIpc) is 3.31. The van der Waals surface area contributed by atoms with E-state index in [1.807, 2.05) is 36.6 Å². The number of fused-ring (bicyclic) bond motifs is 4. The number of thioether (sulfide) groups is 1. The van der Waals surface area contributed by atoms with Crippen molar-refractivity contribution in [2.45, 2.75) is 58.5 Å². The summed E-state index contributed by atoms with van der Waals surface area (Å²) in [6.07, 6.45) is 4.43. The van der Waals surface area contributed by atoms with Gasteiger partial charge in [-0.05, 0) is 90.3 Å². The number of hydrogen-bond acceptors (Lipinski definition) is 9. The molecule has 0 fully saturated rings. The van der Waals surface area contributed by atoms with Gasteiger partial charge in [0.2, 0.25) is 23.0 Å². The van der Waals surface area contributed by atoms with Crippen molar-refractivity contribution in [1.29, 1.82) is 0 Å². The monoisotopic (exact) mass is 687 g/mol. The highest BCUT2D eigenvalue weighted by Gasteiger charge is 2.30. The Kier molecular flexibility index (Phi) is 11.4. The summed E-state index contributed by atoms with van der Waals surface area (Å²) in [5.41, 5.74) is 5.32. The smallest absolute Gasteiger partial charge is 0.246 e. The summed E-state index contributed by atoms with van der Waals surface area (Å²) in [6, 6.07) is 11.5. The highest BCUT2D eigenvalue weighted by atomic mass is 32.2. The third kappa shape index (κ3) is 7.96. The van der Waals surface area contributed by atoms with Crippen molar-refractivity contribution in [1.82, 2.24) is 15.3 Å². The van der Waals surface area contributed by atoms with Crippen molar-refractivity contribution < 1.29 is 23.8 Å². The maximum absolute atomic E-state index is 13.9. The summed E-state index contributed by atoms with van der Waals surface area (Å²) in [4.78, 5) is 48.0. The van der Waals surface area contributed by atoms with E-state index in [1.54, 1.807) is 45.2 Å². The van der Waals surface area contributed by atoms with Crippen LogP contribution in [0, 0.1) is 5.92 Å². The van der Waals surface area contributed by atoms with Crippen LogP contribution in [0.25, 0.3) is 22.2 Å². The van der Waals surface area contributed by atoms with Crippen LogP contribution in [0.4, 0.5) is 11.4 Å². The topological polar surface area (TPSA) is 144 Å². The number of aromatic nitrogens is 2. The van der Waals surface area contributed by atoms with Gasteiger partial charge in [0.25, 0.3) is 0 Å². The van der Waals surface area contributed by atoms with Gasteiger partial charge in [-0.25, -0.2) is 4.98 Å². The van der Waals surface area contributed by atoms with Crippen LogP contribution in [0.15, 0.2) is 47.3 Å². The maximum atomic E-state index is 13.9. The van der Waals surface area contributed by atoms with E-state index in [0.29, 0.717) is 65.0 Å². The van der Waals surface area contributed by atoms with E-state index in [1.165, 1.54) is 6.92 Å². The second-order valence-corrected chi connectivity index (χ2v) is 13.6. The number of H-pyrrole nitrogens is 1. The number of nitrogens with one attached hydrogen (secondary N) is 4. The molecule has 1 heterocycles. The van der Waals surface area contributed by atoms with Crippen LogP contribution >= 0.6 is 11.8 Å². The number of ether oxygens (including phenoxy) is 3. The van der Waals surface area contributed by atoms with Crippen molar-refractivity contribution >= 4 is 46.0 Å². The van der Waals surface area contributed by atoms with E-state index in [0.717, 1.165) is 34.4 Å². The number of imidazole rings is 1. The van der Waals surface area contributed by atoms with Crippen LogP contribution in [0.5, 0.6) is 17.2 Å². The molecule has 3 aromatic carbocycles. The van der Waals surface area contributed by atoms with Gasteiger partial charge in [0.1, 0.15) is 11.9 Å². The van der Waals surface area contributed by atoms with Gasteiger partial charge in [-0.15, -0.1) is 0 Å². The summed E-state index contributed by atoms with van der Waals surface area (Å²) in [7, 11) is 4.68. The molecule has 1 aliphatic carbocycles. The molecule has 11 nitrogen and oxygen atoms in total. The second-order valence-electron chi connectivity index (χ2n) is 12.6. The first-order chi connectivity index (χ1) is 23.6. The summed E-state index contributed by atoms with van der Waals surface area (Å²) in [6.45, 7) is 5.74. The number of hydrogen-bond donors (Lipinski definition) is 4. The van der Waals surface area contributed by atoms with E-state index >= 15 is 0 Å². The molecule has 5 rings (SSSR count). The summed E-state index contributed by atoms with van der Waals surface area (Å²) in [5, 5.41) is 9.32. The molecule has 12 heteroatoms. The largest absolute Gasteiger partial charge is 0.493 e. The molecule has 49 heavy (non-hydrogen) atoms. The normalized spacial score (nSPS) is 14.3.